The van der Waals surface area contributed by atoms with Crippen molar-refractivity contribution < 1.29 is 9.13 Å². The van der Waals surface area contributed by atoms with Crippen LogP contribution in [0.25, 0.3) is 0 Å². The number of benzene rings is 2. The van der Waals surface area contributed by atoms with Crippen molar-refractivity contribution in [1.29, 1.82) is 0 Å². The van der Waals surface area contributed by atoms with Gasteiger partial charge in [-0.2, -0.15) is 0 Å². The lowest BCUT2D eigenvalue weighted by molar-refractivity contribution is 0.289. The Hall–Kier alpha value is -1.87. The highest BCUT2D eigenvalue weighted by molar-refractivity contribution is 5.31. The predicted molar refractivity (Wildman–Crippen MR) is 74.7 cm³/mol. The van der Waals surface area contributed by atoms with Gasteiger partial charge in [0, 0.05) is 6.54 Å². The molecule has 0 spiro atoms. The van der Waals surface area contributed by atoms with E-state index in [1.807, 2.05) is 25.2 Å². The second-order valence-corrected chi connectivity index (χ2v) is 4.53. The molecule has 2 aromatic rings. The minimum atomic E-state index is -0.283. The molecule has 3 heteroatoms. The maximum absolute atomic E-state index is 13.8. The Labute approximate surface area is 113 Å². The molecule has 100 valence electrons. The number of rotatable bonds is 5. The zero-order valence-corrected chi connectivity index (χ0v) is 11.2. The van der Waals surface area contributed by atoms with Crippen LogP contribution in [0.1, 0.15) is 16.7 Å². The number of nitrogens with one attached hydrogen (secondary N) is 1. The summed E-state index contributed by atoms with van der Waals surface area (Å²) in [6, 6.07) is 13.3. The van der Waals surface area contributed by atoms with Crippen LogP contribution in [0.4, 0.5) is 4.39 Å². The minimum absolute atomic E-state index is 0.283. The third-order valence-electron chi connectivity index (χ3n) is 2.92. The van der Waals surface area contributed by atoms with Crippen molar-refractivity contribution in [3.8, 4) is 5.75 Å². The van der Waals surface area contributed by atoms with Gasteiger partial charge in [-0.25, -0.2) is 4.39 Å². The topological polar surface area (TPSA) is 21.3 Å². The van der Waals surface area contributed by atoms with Gasteiger partial charge < -0.3 is 10.1 Å². The summed E-state index contributed by atoms with van der Waals surface area (Å²) in [5, 5.41) is 3.10. The Bertz CT molecular complexity index is 554. The van der Waals surface area contributed by atoms with Crippen LogP contribution in [0.2, 0.25) is 0 Å². The number of halogens is 1. The maximum atomic E-state index is 13.8. The van der Waals surface area contributed by atoms with Crippen LogP contribution >= 0.6 is 0 Å². The molecule has 0 fully saturated rings. The molecule has 0 bridgehead atoms. The van der Waals surface area contributed by atoms with E-state index in [1.54, 1.807) is 25.1 Å². The standard InChI is InChI=1S/C16H18FNO/c1-12-5-3-8-15(16(12)17)19-11-14-7-4-6-13(9-14)10-18-2/h3-9,18H,10-11H2,1-2H3. The zero-order valence-electron chi connectivity index (χ0n) is 11.2. The molecule has 0 aromatic heterocycles. The van der Waals surface area contributed by atoms with Gasteiger partial charge in [-0.05, 0) is 36.7 Å². The van der Waals surface area contributed by atoms with Crippen molar-refractivity contribution in [1.82, 2.24) is 5.32 Å². The molecular weight excluding hydrogens is 241 g/mol. The van der Waals surface area contributed by atoms with Gasteiger partial charge in [-0.15, -0.1) is 0 Å². The van der Waals surface area contributed by atoms with Gasteiger partial charge in [0.15, 0.2) is 11.6 Å². The molecule has 0 amide bonds. The van der Waals surface area contributed by atoms with E-state index >= 15 is 0 Å². The Balaban J connectivity index is 2.06. The van der Waals surface area contributed by atoms with E-state index in [-0.39, 0.29) is 5.82 Å². The molecule has 0 aliphatic rings. The van der Waals surface area contributed by atoms with E-state index in [2.05, 4.69) is 11.4 Å². The molecule has 2 rings (SSSR count). The van der Waals surface area contributed by atoms with E-state index in [1.165, 1.54) is 5.56 Å². The molecule has 0 heterocycles. The minimum Gasteiger partial charge on any atom is -0.486 e. The third-order valence-corrected chi connectivity index (χ3v) is 2.92. The smallest absolute Gasteiger partial charge is 0.167 e. The maximum Gasteiger partial charge on any atom is 0.167 e. The van der Waals surface area contributed by atoms with Gasteiger partial charge in [0.2, 0.25) is 0 Å². The zero-order chi connectivity index (χ0) is 13.7. The normalized spacial score (nSPS) is 10.5. The monoisotopic (exact) mass is 259 g/mol. The molecule has 0 aliphatic carbocycles. The molecule has 0 saturated carbocycles. The van der Waals surface area contributed by atoms with Gasteiger partial charge in [0.25, 0.3) is 0 Å². The summed E-state index contributed by atoms with van der Waals surface area (Å²) in [5.41, 5.74) is 2.82. The van der Waals surface area contributed by atoms with Crippen molar-refractivity contribution in [2.45, 2.75) is 20.1 Å². The van der Waals surface area contributed by atoms with E-state index in [9.17, 15) is 4.39 Å². The van der Waals surface area contributed by atoms with E-state index in [0.717, 1.165) is 12.1 Å². The molecular formula is C16H18FNO. The first-order valence-corrected chi connectivity index (χ1v) is 6.31. The molecule has 1 N–H and O–H groups in total. The first-order valence-electron chi connectivity index (χ1n) is 6.31. The fourth-order valence-corrected chi connectivity index (χ4v) is 1.93. The molecule has 0 radical (unpaired) electrons. The van der Waals surface area contributed by atoms with E-state index in [4.69, 9.17) is 4.74 Å². The predicted octanol–water partition coefficient (Wildman–Crippen LogP) is 3.43. The highest BCUT2D eigenvalue weighted by Crippen LogP contribution is 2.20. The van der Waals surface area contributed by atoms with Crippen LogP contribution in [0, 0.1) is 12.7 Å². The van der Waals surface area contributed by atoms with Gasteiger partial charge in [-0.1, -0.05) is 36.4 Å². The Morgan fingerprint density at radius 2 is 1.84 bits per heavy atom. The van der Waals surface area contributed by atoms with Crippen LogP contribution < -0.4 is 10.1 Å². The molecule has 2 nitrogen and oxygen atoms in total. The third kappa shape index (κ3) is 3.55. The Kier molecular flexibility index (Phi) is 4.53. The lowest BCUT2D eigenvalue weighted by atomic mass is 10.1. The molecule has 0 atom stereocenters. The van der Waals surface area contributed by atoms with Crippen molar-refractivity contribution in [2.24, 2.45) is 0 Å². The van der Waals surface area contributed by atoms with Crippen molar-refractivity contribution in [2.75, 3.05) is 7.05 Å². The Morgan fingerprint density at radius 1 is 1.11 bits per heavy atom. The van der Waals surface area contributed by atoms with E-state index < -0.39 is 0 Å². The fraction of sp³-hybridized carbons (Fsp3) is 0.250. The SMILES string of the molecule is CNCc1cccc(COc2cccc(C)c2F)c1. The molecule has 0 unspecified atom stereocenters. The number of hydrogen-bond donors (Lipinski definition) is 1. The van der Waals surface area contributed by atoms with Crippen molar-refractivity contribution >= 4 is 0 Å². The van der Waals surface area contributed by atoms with Crippen LogP contribution in [-0.4, -0.2) is 7.05 Å². The van der Waals surface area contributed by atoms with Gasteiger partial charge in [-0.3, -0.25) is 0 Å². The van der Waals surface area contributed by atoms with Crippen LogP contribution in [0.5, 0.6) is 5.75 Å². The summed E-state index contributed by atoms with van der Waals surface area (Å²) in [6.07, 6.45) is 0. The summed E-state index contributed by atoms with van der Waals surface area (Å²) in [7, 11) is 1.91. The summed E-state index contributed by atoms with van der Waals surface area (Å²) >= 11 is 0. The first-order chi connectivity index (χ1) is 9.20. The molecule has 0 saturated heterocycles. The fourth-order valence-electron chi connectivity index (χ4n) is 1.93. The van der Waals surface area contributed by atoms with Crippen LogP contribution in [0.15, 0.2) is 42.5 Å². The summed E-state index contributed by atoms with van der Waals surface area (Å²) in [5.74, 6) is 0.0212. The largest absolute Gasteiger partial charge is 0.486 e. The molecule has 0 aliphatic heterocycles. The average molecular weight is 259 g/mol. The number of hydrogen-bond acceptors (Lipinski definition) is 2. The van der Waals surface area contributed by atoms with E-state index in [0.29, 0.717) is 17.9 Å². The quantitative estimate of drug-likeness (QED) is 0.888. The summed E-state index contributed by atoms with van der Waals surface area (Å²) in [4.78, 5) is 0. The van der Waals surface area contributed by atoms with Crippen LogP contribution in [-0.2, 0) is 13.2 Å². The molecule has 19 heavy (non-hydrogen) atoms. The Morgan fingerprint density at radius 3 is 2.63 bits per heavy atom. The van der Waals surface area contributed by atoms with Gasteiger partial charge >= 0.3 is 0 Å². The first kappa shape index (κ1) is 13.6. The second-order valence-electron chi connectivity index (χ2n) is 4.53. The lowest BCUT2D eigenvalue weighted by Gasteiger charge is -2.09. The summed E-state index contributed by atoms with van der Waals surface area (Å²) in [6.45, 7) is 2.92. The second kappa shape index (κ2) is 6.34. The van der Waals surface area contributed by atoms with Gasteiger partial charge in [0.05, 0.1) is 0 Å². The average Bonchev–Trinajstić information content (AvgIpc) is 2.41. The number of aryl methyl sites for hydroxylation is 1. The van der Waals surface area contributed by atoms with Crippen molar-refractivity contribution in [3.63, 3.8) is 0 Å². The highest BCUT2D eigenvalue weighted by Gasteiger charge is 2.06. The number of ether oxygens (including phenoxy) is 1. The van der Waals surface area contributed by atoms with Gasteiger partial charge in [0.1, 0.15) is 6.61 Å². The summed E-state index contributed by atoms with van der Waals surface area (Å²) < 4.78 is 19.3. The molecule has 2 aromatic carbocycles. The highest BCUT2D eigenvalue weighted by atomic mass is 19.1. The van der Waals surface area contributed by atoms with Crippen molar-refractivity contribution in [3.05, 3.63) is 65.0 Å². The van der Waals surface area contributed by atoms with Crippen LogP contribution in [0.3, 0.4) is 0 Å². The lowest BCUT2D eigenvalue weighted by Crippen LogP contribution is -2.06.